The molecule has 29 heavy (non-hydrogen) atoms. The van der Waals surface area contributed by atoms with Gasteiger partial charge in [-0.15, -0.1) is 5.10 Å². The molecule has 158 valence electrons. The Kier molecular flexibility index (Phi) is 8.68. The van der Waals surface area contributed by atoms with E-state index in [4.69, 9.17) is 4.74 Å². The van der Waals surface area contributed by atoms with E-state index in [1.807, 2.05) is 23.0 Å². The van der Waals surface area contributed by atoms with Crippen LogP contribution in [0.15, 0.2) is 30.5 Å². The standard InChI is InChI=1S/C23H34N4O2/c1-2-3-5-8-19-11-13-20(14-12-19)23(28)24-15-16-27-17-21(25-26-27)9-6-4-7-10-22-18-29-22/h11-14,17,22H,2-10,15-16,18H2,1H3,(H,24,28). The molecule has 1 aliphatic rings. The number of benzene rings is 1. The number of hydrogen-bond donors (Lipinski definition) is 1. The van der Waals surface area contributed by atoms with E-state index in [0.29, 0.717) is 24.8 Å². The van der Waals surface area contributed by atoms with Gasteiger partial charge in [0.25, 0.3) is 5.91 Å². The van der Waals surface area contributed by atoms with E-state index in [1.165, 1.54) is 44.1 Å². The summed E-state index contributed by atoms with van der Waals surface area (Å²) >= 11 is 0. The minimum absolute atomic E-state index is 0.0370. The van der Waals surface area contributed by atoms with E-state index in [9.17, 15) is 4.79 Å². The Morgan fingerprint density at radius 3 is 2.69 bits per heavy atom. The number of aromatic nitrogens is 3. The quantitative estimate of drug-likeness (QED) is 0.386. The van der Waals surface area contributed by atoms with Crippen LogP contribution >= 0.6 is 0 Å². The van der Waals surface area contributed by atoms with E-state index in [0.717, 1.165) is 31.6 Å². The fourth-order valence-corrected chi connectivity index (χ4v) is 3.44. The molecule has 0 saturated carbocycles. The van der Waals surface area contributed by atoms with Crippen LogP contribution in [0.3, 0.4) is 0 Å². The third-order valence-electron chi connectivity index (χ3n) is 5.36. The molecular weight excluding hydrogens is 364 g/mol. The molecule has 0 spiro atoms. The van der Waals surface area contributed by atoms with Gasteiger partial charge in [0.05, 0.1) is 24.9 Å². The minimum Gasteiger partial charge on any atom is -0.373 e. The second-order valence-corrected chi connectivity index (χ2v) is 7.94. The molecule has 6 nitrogen and oxygen atoms in total. The second-order valence-electron chi connectivity index (χ2n) is 7.94. The molecule has 0 radical (unpaired) electrons. The van der Waals surface area contributed by atoms with Crippen molar-refractivity contribution in [2.24, 2.45) is 0 Å². The molecule has 1 fully saturated rings. The molecule has 0 bridgehead atoms. The highest BCUT2D eigenvalue weighted by molar-refractivity contribution is 5.94. The Bertz CT molecular complexity index is 738. The maximum Gasteiger partial charge on any atom is 0.251 e. The van der Waals surface area contributed by atoms with Gasteiger partial charge < -0.3 is 10.1 Å². The Hall–Kier alpha value is -2.21. The molecule has 1 amide bonds. The average Bonchev–Trinajstić information content (AvgIpc) is 3.45. The Morgan fingerprint density at radius 1 is 1.14 bits per heavy atom. The summed E-state index contributed by atoms with van der Waals surface area (Å²) in [6.45, 7) is 4.34. The molecule has 2 heterocycles. The Morgan fingerprint density at radius 2 is 1.93 bits per heavy atom. The van der Waals surface area contributed by atoms with E-state index in [2.05, 4.69) is 34.7 Å². The number of carbonyl (C=O) groups is 1. The van der Waals surface area contributed by atoms with E-state index >= 15 is 0 Å². The normalized spacial score (nSPS) is 15.4. The summed E-state index contributed by atoms with van der Waals surface area (Å²) in [5, 5.41) is 11.4. The first kappa shape index (κ1) is 21.5. The van der Waals surface area contributed by atoms with Gasteiger partial charge in [0.15, 0.2) is 0 Å². The van der Waals surface area contributed by atoms with Crippen LogP contribution in [0, 0.1) is 0 Å². The lowest BCUT2D eigenvalue weighted by atomic mass is 10.1. The highest BCUT2D eigenvalue weighted by Crippen LogP contribution is 2.17. The Balaban J connectivity index is 1.30. The summed E-state index contributed by atoms with van der Waals surface area (Å²) in [5.74, 6) is -0.0370. The predicted octanol–water partition coefficient (Wildman–Crippen LogP) is 3.94. The number of ether oxygens (including phenoxy) is 1. The molecule has 1 aromatic carbocycles. The van der Waals surface area contributed by atoms with E-state index in [1.54, 1.807) is 0 Å². The van der Waals surface area contributed by atoms with E-state index < -0.39 is 0 Å². The summed E-state index contributed by atoms with van der Waals surface area (Å²) in [5.41, 5.74) is 3.03. The van der Waals surface area contributed by atoms with Crippen molar-refractivity contribution in [3.05, 3.63) is 47.3 Å². The van der Waals surface area contributed by atoms with Gasteiger partial charge in [-0.3, -0.25) is 9.48 Å². The lowest BCUT2D eigenvalue weighted by molar-refractivity contribution is 0.0952. The van der Waals surface area contributed by atoms with Gasteiger partial charge in [-0.1, -0.05) is 50.0 Å². The third kappa shape index (κ3) is 7.97. The van der Waals surface area contributed by atoms with Crippen molar-refractivity contribution in [3.8, 4) is 0 Å². The Labute approximate surface area is 174 Å². The van der Waals surface area contributed by atoms with Crippen LogP contribution in [-0.4, -0.2) is 40.2 Å². The molecule has 3 rings (SSSR count). The predicted molar refractivity (Wildman–Crippen MR) is 114 cm³/mol. The van der Waals surface area contributed by atoms with Crippen molar-refractivity contribution in [2.75, 3.05) is 13.2 Å². The monoisotopic (exact) mass is 398 g/mol. The van der Waals surface area contributed by atoms with Crippen LogP contribution in [-0.2, 0) is 24.1 Å². The lowest BCUT2D eigenvalue weighted by Gasteiger charge is -2.06. The number of nitrogens with zero attached hydrogens (tertiary/aromatic N) is 3. The number of nitrogens with one attached hydrogen (secondary N) is 1. The maximum absolute atomic E-state index is 12.3. The van der Waals surface area contributed by atoms with Gasteiger partial charge in [0.1, 0.15) is 0 Å². The van der Waals surface area contributed by atoms with Crippen molar-refractivity contribution in [3.63, 3.8) is 0 Å². The van der Waals surface area contributed by atoms with Crippen LogP contribution in [0.1, 0.15) is 73.5 Å². The number of epoxide rings is 1. The van der Waals surface area contributed by atoms with E-state index in [-0.39, 0.29) is 5.91 Å². The number of hydrogen-bond acceptors (Lipinski definition) is 4. The van der Waals surface area contributed by atoms with Crippen molar-refractivity contribution in [1.82, 2.24) is 20.3 Å². The molecule has 1 aliphatic heterocycles. The largest absolute Gasteiger partial charge is 0.373 e. The van der Waals surface area contributed by atoms with Crippen molar-refractivity contribution < 1.29 is 9.53 Å². The first-order valence-electron chi connectivity index (χ1n) is 11.1. The fourth-order valence-electron chi connectivity index (χ4n) is 3.44. The van der Waals surface area contributed by atoms with Gasteiger partial charge in [-0.2, -0.15) is 0 Å². The zero-order valence-corrected chi connectivity index (χ0v) is 17.6. The molecular formula is C23H34N4O2. The number of unbranched alkanes of at least 4 members (excludes halogenated alkanes) is 4. The van der Waals surface area contributed by atoms with Crippen LogP contribution in [0.5, 0.6) is 0 Å². The van der Waals surface area contributed by atoms with Crippen molar-refractivity contribution >= 4 is 5.91 Å². The van der Waals surface area contributed by atoms with Gasteiger partial charge in [0.2, 0.25) is 0 Å². The average molecular weight is 399 g/mol. The molecule has 0 aliphatic carbocycles. The first-order chi connectivity index (χ1) is 14.2. The van der Waals surface area contributed by atoms with Crippen LogP contribution in [0.2, 0.25) is 0 Å². The number of carbonyl (C=O) groups excluding carboxylic acids is 1. The van der Waals surface area contributed by atoms with Gasteiger partial charge in [0, 0.05) is 18.3 Å². The van der Waals surface area contributed by atoms with Crippen LogP contribution in [0.4, 0.5) is 0 Å². The smallest absolute Gasteiger partial charge is 0.251 e. The highest BCUT2D eigenvalue weighted by Gasteiger charge is 2.20. The van der Waals surface area contributed by atoms with Crippen LogP contribution in [0.25, 0.3) is 0 Å². The summed E-state index contributed by atoms with van der Waals surface area (Å²) in [6.07, 6.45) is 13.0. The summed E-state index contributed by atoms with van der Waals surface area (Å²) in [4.78, 5) is 12.3. The number of aryl methyl sites for hydroxylation is 2. The molecule has 1 atom stereocenters. The second kappa shape index (κ2) is 11.7. The first-order valence-corrected chi connectivity index (χ1v) is 11.1. The van der Waals surface area contributed by atoms with Gasteiger partial charge in [-0.25, -0.2) is 0 Å². The molecule has 1 saturated heterocycles. The lowest BCUT2D eigenvalue weighted by Crippen LogP contribution is -2.27. The molecule has 6 heteroatoms. The zero-order valence-electron chi connectivity index (χ0n) is 17.6. The van der Waals surface area contributed by atoms with Gasteiger partial charge >= 0.3 is 0 Å². The fraction of sp³-hybridized carbons (Fsp3) is 0.609. The van der Waals surface area contributed by atoms with Crippen LogP contribution < -0.4 is 5.32 Å². The SMILES string of the molecule is CCCCCc1ccc(C(=O)NCCn2cc(CCCCCC3CO3)nn2)cc1. The molecule has 1 aromatic heterocycles. The highest BCUT2D eigenvalue weighted by atomic mass is 16.6. The molecule has 1 N–H and O–H groups in total. The maximum atomic E-state index is 12.3. The third-order valence-corrected chi connectivity index (χ3v) is 5.36. The minimum atomic E-state index is -0.0370. The van der Waals surface area contributed by atoms with Crippen molar-refractivity contribution in [1.29, 1.82) is 0 Å². The zero-order chi connectivity index (χ0) is 20.3. The molecule has 1 unspecified atom stereocenters. The summed E-state index contributed by atoms with van der Waals surface area (Å²) < 4.78 is 7.04. The topological polar surface area (TPSA) is 72.3 Å². The summed E-state index contributed by atoms with van der Waals surface area (Å²) in [7, 11) is 0. The molecule has 2 aromatic rings. The van der Waals surface area contributed by atoms with Gasteiger partial charge in [-0.05, 0) is 49.8 Å². The summed E-state index contributed by atoms with van der Waals surface area (Å²) in [6, 6.07) is 7.96. The van der Waals surface area contributed by atoms with Crippen molar-refractivity contribution in [2.45, 2.75) is 77.4 Å². The number of rotatable bonds is 14. The number of amides is 1.